The molecule has 1 aromatic rings. The molecule has 0 saturated heterocycles. The maximum absolute atomic E-state index is 11.7. The highest BCUT2D eigenvalue weighted by Gasteiger charge is 2.11. The van der Waals surface area contributed by atoms with Crippen LogP contribution in [0.2, 0.25) is 0 Å². The molecule has 0 aliphatic heterocycles. The van der Waals surface area contributed by atoms with Crippen LogP contribution < -0.4 is 5.73 Å². The Labute approximate surface area is 104 Å². The molecule has 0 amide bonds. The Morgan fingerprint density at radius 3 is 2.24 bits per heavy atom. The minimum atomic E-state index is -3.01. The lowest BCUT2D eigenvalue weighted by atomic mass is 10.0. The summed E-state index contributed by atoms with van der Waals surface area (Å²) >= 11 is 0. The molecule has 17 heavy (non-hydrogen) atoms. The molecule has 0 atom stereocenters. The van der Waals surface area contributed by atoms with Crippen molar-refractivity contribution in [1.29, 1.82) is 0 Å². The number of hydrogen-bond donors (Lipinski definition) is 1. The first-order chi connectivity index (χ1) is 7.94. The number of rotatable bonds is 6. The van der Waals surface area contributed by atoms with Crippen molar-refractivity contribution in [2.24, 2.45) is 5.73 Å². The molecule has 1 rings (SSSR count). The van der Waals surface area contributed by atoms with Crippen LogP contribution in [0.15, 0.2) is 24.3 Å². The monoisotopic (exact) mass is 255 g/mol. The first-order valence-electron chi connectivity index (χ1n) is 5.94. The predicted octanol–water partition coefficient (Wildman–Crippen LogP) is 2.07. The lowest BCUT2D eigenvalue weighted by molar-refractivity contribution is 0.593. The summed E-state index contributed by atoms with van der Waals surface area (Å²) in [7, 11) is -3.01. The first-order valence-corrected chi connectivity index (χ1v) is 7.76. The van der Waals surface area contributed by atoms with Crippen LogP contribution in [0.5, 0.6) is 0 Å². The van der Waals surface area contributed by atoms with Gasteiger partial charge in [-0.25, -0.2) is 8.42 Å². The lowest BCUT2D eigenvalue weighted by Gasteiger charge is -2.07. The third kappa shape index (κ3) is 4.88. The minimum Gasteiger partial charge on any atom is -0.330 e. The smallest absolute Gasteiger partial charge is 0.154 e. The Hall–Kier alpha value is -0.870. The van der Waals surface area contributed by atoms with Gasteiger partial charge in [0, 0.05) is 0 Å². The molecule has 0 fully saturated rings. The maximum Gasteiger partial charge on any atom is 0.154 e. The molecule has 0 saturated carbocycles. The molecule has 3 nitrogen and oxygen atoms in total. The van der Waals surface area contributed by atoms with Crippen LogP contribution in [0.3, 0.4) is 0 Å². The topological polar surface area (TPSA) is 60.2 Å². The van der Waals surface area contributed by atoms with Crippen molar-refractivity contribution in [3.8, 4) is 0 Å². The molecular weight excluding hydrogens is 234 g/mol. The molecule has 0 aliphatic rings. The van der Waals surface area contributed by atoms with E-state index < -0.39 is 9.84 Å². The van der Waals surface area contributed by atoms with E-state index in [1.54, 1.807) is 0 Å². The standard InChI is InChI=1S/C13H21NO2S/c1-11(2)13-6-4-12(5-7-13)10-17(15,16)9-3-8-14/h4-7,11H,3,8-10,14H2,1-2H3. The molecule has 96 valence electrons. The molecule has 0 aromatic heterocycles. The minimum absolute atomic E-state index is 0.116. The molecule has 0 radical (unpaired) electrons. The highest BCUT2D eigenvalue weighted by Crippen LogP contribution is 2.16. The van der Waals surface area contributed by atoms with Gasteiger partial charge in [-0.15, -0.1) is 0 Å². The molecule has 0 heterocycles. The largest absolute Gasteiger partial charge is 0.330 e. The summed E-state index contributed by atoms with van der Waals surface area (Å²) in [6.45, 7) is 4.66. The first kappa shape index (κ1) is 14.2. The van der Waals surface area contributed by atoms with E-state index >= 15 is 0 Å². The van der Waals surface area contributed by atoms with Gasteiger partial charge in [-0.1, -0.05) is 38.1 Å². The Morgan fingerprint density at radius 2 is 1.76 bits per heavy atom. The fraction of sp³-hybridized carbons (Fsp3) is 0.538. The second kappa shape index (κ2) is 6.17. The van der Waals surface area contributed by atoms with E-state index in [1.807, 2.05) is 24.3 Å². The summed E-state index contributed by atoms with van der Waals surface area (Å²) in [5, 5.41) is 0. The van der Waals surface area contributed by atoms with Crippen molar-refractivity contribution in [2.45, 2.75) is 31.9 Å². The number of sulfone groups is 1. The number of benzene rings is 1. The second-order valence-corrected chi connectivity index (χ2v) is 6.81. The van der Waals surface area contributed by atoms with Gasteiger partial charge in [0.2, 0.25) is 0 Å². The van der Waals surface area contributed by atoms with Gasteiger partial charge in [-0.3, -0.25) is 0 Å². The van der Waals surface area contributed by atoms with Crippen LogP contribution in [-0.2, 0) is 15.6 Å². The van der Waals surface area contributed by atoms with Crippen molar-refractivity contribution in [1.82, 2.24) is 0 Å². The Kier molecular flexibility index (Phi) is 5.15. The quantitative estimate of drug-likeness (QED) is 0.846. The molecule has 2 N–H and O–H groups in total. The van der Waals surface area contributed by atoms with E-state index in [0.29, 0.717) is 18.9 Å². The van der Waals surface area contributed by atoms with Crippen LogP contribution >= 0.6 is 0 Å². The highest BCUT2D eigenvalue weighted by atomic mass is 32.2. The van der Waals surface area contributed by atoms with E-state index in [0.717, 1.165) is 5.56 Å². The Bertz CT molecular complexity index is 435. The van der Waals surface area contributed by atoms with Gasteiger partial charge in [0.1, 0.15) is 0 Å². The molecule has 0 unspecified atom stereocenters. The van der Waals surface area contributed by atoms with Crippen LogP contribution in [0.25, 0.3) is 0 Å². The van der Waals surface area contributed by atoms with E-state index in [9.17, 15) is 8.42 Å². The molecule has 0 aliphatic carbocycles. The third-order valence-electron chi connectivity index (χ3n) is 2.69. The Balaban J connectivity index is 2.69. The summed E-state index contributed by atoms with van der Waals surface area (Å²) in [5.41, 5.74) is 7.40. The van der Waals surface area contributed by atoms with Gasteiger partial charge in [0.15, 0.2) is 9.84 Å². The predicted molar refractivity (Wildman–Crippen MR) is 71.7 cm³/mol. The van der Waals surface area contributed by atoms with E-state index in [4.69, 9.17) is 5.73 Å². The third-order valence-corrected chi connectivity index (χ3v) is 4.38. The molecule has 4 heteroatoms. The summed E-state index contributed by atoms with van der Waals surface area (Å²) in [4.78, 5) is 0. The second-order valence-electron chi connectivity index (χ2n) is 4.63. The molecule has 1 aromatic carbocycles. The molecule has 0 bridgehead atoms. The zero-order valence-electron chi connectivity index (χ0n) is 10.5. The van der Waals surface area contributed by atoms with Gasteiger partial charge >= 0.3 is 0 Å². The van der Waals surface area contributed by atoms with Gasteiger partial charge in [0.25, 0.3) is 0 Å². The van der Waals surface area contributed by atoms with Crippen molar-refractivity contribution >= 4 is 9.84 Å². The van der Waals surface area contributed by atoms with Crippen molar-refractivity contribution in [2.75, 3.05) is 12.3 Å². The maximum atomic E-state index is 11.7. The van der Waals surface area contributed by atoms with Gasteiger partial charge in [-0.05, 0) is 30.0 Å². The fourth-order valence-electron chi connectivity index (χ4n) is 1.63. The van der Waals surface area contributed by atoms with Crippen molar-refractivity contribution in [3.63, 3.8) is 0 Å². The normalized spacial score (nSPS) is 12.0. The summed E-state index contributed by atoms with van der Waals surface area (Å²) in [5.74, 6) is 0.763. The molecular formula is C13H21NO2S. The average molecular weight is 255 g/mol. The van der Waals surface area contributed by atoms with Crippen LogP contribution in [0, 0.1) is 0 Å². The van der Waals surface area contributed by atoms with E-state index in [-0.39, 0.29) is 11.5 Å². The molecule has 0 spiro atoms. The van der Waals surface area contributed by atoms with Gasteiger partial charge in [0.05, 0.1) is 11.5 Å². The zero-order valence-corrected chi connectivity index (χ0v) is 11.3. The summed E-state index contributed by atoms with van der Waals surface area (Å²) in [6, 6.07) is 7.79. The zero-order chi connectivity index (χ0) is 12.9. The van der Waals surface area contributed by atoms with E-state index in [1.165, 1.54) is 5.56 Å². The van der Waals surface area contributed by atoms with Crippen molar-refractivity contribution < 1.29 is 8.42 Å². The van der Waals surface area contributed by atoms with Gasteiger partial charge < -0.3 is 5.73 Å². The average Bonchev–Trinajstić information content (AvgIpc) is 2.26. The van der Waals surface area contributed by atoms with Gasteiger partial charge in [-0.2, -0.15) is 0 Å². The summed E-state index contributed by atoms with van der Waals surface area (Å²) in [6.07, 6.45) is 0.534. The number of hydrogen-bond acceptors (Lipinski definition) is 3. The number of nitrogens with two attached hydrogens (primary N) is 1. The van der Waals surface area contributed by atoms with Crippen molar-refractivity contribution in [3.05, 3.63) is 35.4 Å². The van der Waals surface area contributed by atoms with Crippen LogP contribution in [0.4, 0.5) is 0 Å². The fourth-order valence-corrected chi connectivity index (χ4v) is 3.08. The highest BCUT2D eigenvalue weighted by molar-refractivity contribution is 7.90. The SMILES string of the molecule is CC(C)c1ccc(CS(=O)(=O)CCCN)cc1. The summed E-state index contributed by atoms with van der Waals surface area (Å²) < 4.78 is 23.4. The van der Waals surface area contributed by atoms with Crippen LogP contribution in [-0.4, -0.2) is 20.7 Å². The van der Waals surface area contributed by atoms with E-state index in [2.05, 4.69) is 13.8 Å². The van der Waals surface area contributed by atoms with Crippen LogP contribution in [0.1, 0.15) is 37.3 Å². The Morgan fingerprint density at radius 1 is 1.18 bits per heavy atom. The lowest BCUT2D eigenvalue weighted by Crippen LogP contribution is -2.13.